The van der Waals surface area contributed by atoms with Gasteiger partial charge in [0.1, 0.15) is 11.6 Å². The van der Waals surface area contributed by atoms with E-state index in [9.17, 15) is 14.0 Å². The van der Waals surface area contributed by atoms with Gasteiger partial charge in [0.15, 0.2) is 0 Å². The van der Waals surface area contributed by atoms with E-state index >= 15 is 0 Å². The molecule has 0 bridgehead atoms. The molecule has 0 aliphatic heterocycles. The number of aromatic amines is 1. The fourth-order valence-electron chi connectivity index (χ4n) is 3.95. The largest absolute Gasteiger partial charge is 0.356 e. The van der Waals surface area contributed by atoms with Gasteiger partial charge >= 0.3 is 0 Å². The van der Waals surface area contributed by atoms with Gasteiger partial charge in [0.25, 0.3) is 0 Å². The number of aromatic nitrogens is 2. The monoisotopic (exact) mass is 388 g/mol. The molecule has 1 aliphatic carbocycles. The molecule has 0 unspecified atom stereocenters. The number of nitrogens with zero attached hydrogens (tertiary/aromatic N) is 2. The summed E-state index contributed by atoms with van der Waals surface area (Å²) in [6.45, 7) is 3.05. The standard InChI is InChI=1S/C21H29FN4O2/c1-3-4-11-23-20(27)15-7-5-6-8-16(15)21(28)26(2)13-19-24-17-10-9-14(22)12-18(17)25-19/h9-10,12,15-16H,3-8,11,13H2,1-2H3,(H,23,27)(H,24,25)/t15-,16+/m1/s1. The second-order valence-corrected chi connectivity index (χ2v) is 7.68. The smallest absolute Gasteiger partial charge is 0.226 e. The molecule has 2 N–H and O–H groups in total. The van der Waals surface area contributed by atoms with Crippen molar-refractivity contribution in [3.8, 4) is 0 Å². The van der Waals surface area contributed by atoms with Crippen LogP contribution < -0.4 is 5.32 Å². The third-order valence-electron chi connectivity index (χ3n) is 5.51. The third-order valence-corrected chi connectivity index (χ3v) is 5.51. The van der Waals surface area contributed by atoms with E-state index < -0.39 is 0 Å². The lowest BCUT2D eigenvalue weighted by atomic mass is 9.78. The van der Waals surface area contributed by atoms with Crippen molar-refractivity contribution >= 4 is 22.8 Å². The molecule has 152 valence electrons. The van der Waals surface area contributed by atoms with Gasteiger partial charge in [-0.25, -0.2) is 9.37 Å². The zero-order chi connectivity index (χ0) is 20.1. The number of nitrogens with one attached hydrogen (secondary N) is 2. The van der Waals surface area contributed by atoms with Gasteiger partial charge in [-0.15, -0.1) is 0 Å². The van der Waals surface area contributed by atoms with Gasteiger partial charge in [0, 0.05) is 25.4 Å². The maximum Gasteiger partial charge on any atom is 0.226 e. The van der Waals surface area contributed by atoms with E-state index in [4.69, 9.17) is 0 Å². The first-order valence-electron chi connectivity index (χ1n) is 10.2. The van der Waals surface area contributed by atoms with E-state index in [0.717, 1.165) is 38.5 Å². The Hall–Kier alpha value is -2.44. The molecule has 1 heterocycles. The predicted molar refractivity (Wildman–Crippen MR) is 106 cm³/mol. The molecule has 6 nitrogen and oxygen atoms in total. The Morgan fingerprint density at radius 3 is 2.79 bits per heavy atom. The van der Waals surface area contributed by atoms with Crippen molar-refractivity contribution in [3.05, 3.63) is 29.8 Å². The average Bonchev–Trinajstić information content (AvgIpc) is 3.08. The molecule has 3 rings (SSSR count). The van der Waals surface area contributed by atoms with Crippen LogP contribution in [0.5, 0.6) is 0 Å². The fraction of sp³-hybridized carbons (Fsp3) is 0.571. The van der Waals surface area contributed by atoms with Crippen LogP contribution in [0, 0.1) is 17.7 Å². The van der Waals surface area contributed by atoms with E-state index in [1.54, 1.807) is 18.0 Å². The lowest BCUT2D eigenvalue weighted by molar-refractivity contribution is -0.143. The third kappa shape index (κ3) is 4.69. The molecule has 1 aromatic carbocycles. The summed E-state index contributed by atoms with van der Waals surface area (Å²) in [5, 5.41) is 2.99. The molecule has 7 heteroatoms. The first-order chi connectivity index (χ1) is 13.5. The predicted octanol–water partition coefficient (Wildman–Crippen LogP) is 3.38. The van der Waals surface area contributed by atoms with Crippen LogP contribution in [0.4, 0.5) is 4.39 Å². The highest BCUT2D eigenvalue weighted by Crippen LogP contribution is 2.32. The molecular formula is C21H29FN4O2. The van der Waals surface area contributed by atoms with E-state index in [-0.39, 0.29) is 29.5 Å². The molecule has 28 heavy (non-hydrogen) atoms. The minimum absolute atomic E-state index is 0.000822. The highest BCUT2D eigenvalue weighted by atomic mass is 19.1. The lowest BCUT2D eigenvalue weighted by Gasteiger charge is -2.32. The molecule has 0 saturated heterocycles. The highest BCUT2D eigenvalue weighted by Gasteiger charge is 2.37. The van der Waals surface area contributed by atoms with Gasteiger partial charge in [-0.3, -0.25) is 9.59 Å². The number of unbranched alkanes of at least 4 members (excludes halogenated alkanes) is 1. The topological polar surface area (TPSA) is 78.1 Å². The highest BCUT2D eigenvalue weighted by molar-refractivity contribution is 5.87. The van der Waals surface area contributed by atoms with Crippen molar-refractivity contribution in [2.45, 2.75) is 52.0 Å². The van der Waals surface area contributed by atoms with Gasteiger partial charge in [0.05, 0.1) is 17.6 Å². The van der Waals surface area contributed by atoms with Crippen LogP contribution in [-0.4, -0.2) is 40.3 Å². The van der Waals surface area contributed by atoms with Crippen LogP contribution in [0.15, 0.2) is 18.2 Å². The maximum absolute atomic E-state index is 13.4. The summed E-state index contributed by atoms with van der Waals surface area (Å²) in [6, 6.07) is 4.38. The summed E-state index contributed by atoms with van der Waals surface area (Å²) < 4.78 is 13.4. The first kappa shape index (κ1) is 20.3. The average molecular weight is 388 g/mol. The van der Waals surface area contributed by atoms with Crippen molar-refractivity contribution in [2.75, 3.05) is 13.6 Å². The Labute approximate surface area is 164 Å². The number of hydrogen-bond acceptors (Lipinski definition) is 3. The first-order valence-corrected chi connectivity index (χ1v) is 10.2. The van der Waals surface area contributed by atoms with Gasteiger partial charge in [-0.1, -0.05) is 26.2 Å². The van der Waals surface area contributed by atoms with Crippen molar-refractivity contribution in [1.29, 1.82) is 0 Å². The van der Waals surface area contributed by atoms with Crippen molar-refractivity contribution in [3.63, 3.8) is 0 Å². The molecule has 0 radical (unpaired) electrons. The van der Waals surface area contributed by atoms with Gasteiger partial charge < -0.3 is 15.2 Å². The fourth-order valence-corrected chi connectivity index (χ4v) is 3.95. The SMILES string of the molecule is CCCCNC(=O)[C@@H]1CCCC[C@@H]1C(=O)N(C)Cc1nc2ccc(F)cc2[nH]1. The molecule has 2 amide bonds. The number of fused-ring (bicyclic) bond motifs is 1. The van der Waals surface area contributed by atoms with E-state index in [2.05, 4.69) is 22.2 Å². The number of hydrogen-bond donors (Lipinski definition) is 2. The number of halogens is 1. The van der Waals surface area contributed by atoms with Crippen LogP contribution in [-0.2, 0) is 16.1 Å². The van der Waals surface area contributed by atoms with Crippen molar-refractivity contribution in [2.24, 2.45) is 11.8 Å². The molecular weight excluding hydrogens is 359 g/mol. The molecule has 1 saturated carbocycles. The zero-order valence-electron chi connectivity index (χ0n) is 16.6. The molecule has 1 aromatic heterocycles. The van der Waals surface area contributed by atoms with Crippen LogP contribution in [0.1, 0.15) is 51.3 Å². The van der Waals surface area contributed by atoms with E-state index in [1.165, 1.54) is 12.1 Å². The quantitative estimate of drug-likeness (QED) is 0.714. The summed E-state index contributed by atoms with van der Waals surface area (Å²) in [5.41, 5.74) is 1.28. The number of carbonyl (C=O) groups excluding carboxylic acids is 2. The summed E-state index contributed by atoms with van der Waals surface area (Å²) in [4.78, 5) is 34.8. The van der Waals surface area contributed by atoms with Gasteiger partial charge in [-0.2, -0.15) is 0 Å². The summed E-state index contributed by atoms with van der Waals surface area (Å²) in [6.07, 6.45) is 5.41. The van der Waals surface area contributed by atoms with Crippen LogP contribution in [0.3, 0.4) is 0 Å². The molecule has 2 aromatic rings. The van der Waals surface area contributed by atoms with E-state index in [1.807, 2.05) is 0 Å². The van der Waals surface area contributed by atoms with Gasteiger partial charge in [0.2, 0.25) is 11.8 Å². The van der Waals surface area contributed by atoms with Crippen LogP contribution in [0.25, 0.3) is 11.0 Å². The lowest BCUT2D eigenvalue weighted by Crippen LogP contribution is -2.44. The summed E-state index contributed by atoms with van der Waals surface area (Å²) in [5.74, 6) is -0.295. The number of imidazole rings is 1. The minimum Gasteiger partial charge on any atom is -0.356 e. The normalized spacial score (nSPS) is 19.5. The van der Waals surface area contributed by atoms with E-state index in [0.29, 0.717) is 29.9 Å². The van der Waals surface area contributed by atoms with Crippen molar-refractivity contribution in [1.82, 2.24) is 20.2 Å². The molecule has 0 spiro atoms. The summed E-state index contributed by atoms with van der Waals surface area (Å²) in [7, 11) is 1.73. The zero-order valence-corrected chi connectivity index (χ0v) is 16.6. The Bertz CT molecular complexity index is 835. The Morgan fingerprint density at radius 1 is 1.29 bits per heavy atom. The summed E-state index contributed by atoms with van der Waals surface area (Å²) >= 11 is 0. The maximum atomic E-state index is 13.4. The van der Waals surface area contributed by atoms with Crippen LogP contribution in [0.2, 0.25) is 0 Å². The number of benzene rings is 1. The number of amides is 2. The number of H-pyrrole nitrogens is 1. The minimum atomic E-state index is -0.328. The Morgan fingerprint density at radius 2 is 2.04 bits per heavy atom. The second-order valence-electron chi connectivity index (χ2n) is 7.68. The van der Waals surface area contributed by atoms with Crippen molar-refractivity contribution < 1.29 is 14.0 Å². The number of carbonyl (C=O) groups is 2. The molecule has 1 aliphatic rings. The Balaban J connectivity index is 1.66. The molecule has 2 atom stereocenters. The second kappa shape index (κ2) is 9.17. The van der Waals surface area contributed by atoms with Gasteiger partial charge in [-0.05, 0) is 37.5 Å². The van der Waals surface area contributed by atoms with Crippen LogP contribution >= 0.6 is 0 Å². The number of rotatable bonds is 7. The molecule has 1 fully saturated rings. The Kier molecular flexibility index (Phi) is 6.65.